The van der Waals surface area contributed by atoms with Crippen LogP contribution in [-0.2, 0) is 9.53 Å². The summed E-state index contributed by atoms with van der Waals surface area (Å²) in [4.78, 5) is 40.8. The fraction of sp³-hybridized carbons (Fsp3) is 0.400. The Labute approximate surface area is 194 Å². The van der Waals surface area contributed by atoms with Gasteiger partial charge in [-0.3, -0.25) is 9.69 Å². The molecule has 2 amide bonds. The van der Waals surface area contributed by atoms with Crippen molar-refractivity contribution in [1.82, 2.24) is 4.90 Å². The van der Waals surface area contributed by atoms with E-state index >= 15 is 0 Å². The van der Waals surface area contributed by atoms with Gasteiger partial charge in [-0.1, -0.05) is 24.6 Å². The number of carbonyl (C=O) groups is 3. The number of carbonyl (C=O) groups excluding carboxylic acids is 2. The molecule has 1 N–H and O–H groups in total. The number of aliphatic carboxylic acids is 1. The predicted molar refractivity (Wildman–Crippen MR) is 117 cm³/mol. The van der Waals surface area contributed by atoms with Crippen molar-refractivity contribution >= 4 is 23.7 Å². The summed E-state index contributed by atoms with van der Waals surface area (Å²) in [5.41, 5.74) is 1.26. The molecule has 9 heteroatoms. The number of para-hydroxylation sites is 1. The average molecular weight is 470 g/mol. The lowest BCUT2D eigenvalue weighted by Gasteiger charge is -2.47. The number of rotatable bonds is 5. The fourth-order valence-corrected chi connectivity index (χ4v) is 5.50. The third kappa shape index (κ3) is 3.99. The highest BCUT2D eigenvalue weighted by Gasteiger charge is 2.52. The molecule has 0 unspecified atom stereocenters. The van der Waals surface area contributed by atoms with Gasteiger partial charge in [0.1, 0.15) is 11.6 Å². The third-order valence-electron chi connectivity index (χ3n) is 6.88. The van der Waals surface area contributed by atoms with E-state index in [0.717, 1.165) is 49.4 Å². The zero-order chi connectivity index (χ0) is 24.0. The van der Waals surface area contributed by atoms with Gasteiger partial charge in [-0.05, 0) is 49.4 Å². The maximum atomic E-state index is 13.9. The topological polar surface area (TPSA) is 87.2 Å². The molecule has 7 nitrogen and oxygen atoms in total. The Kier molecular flexibility index (Phi) is 5.71. The van der Waals surface area contributed by atoms with Crippen LogP contribution in [0.2, 0.25) is 0 Å². The highest BCUT2D eigenvalue weighted by atomic mass is 19.1. The first-order chi connectivity index (χ1) is 16.3. The Hall–Kier alpha value is -3.49. The Bertz CT molecular complexity index is 1130. The monoisotopic (exact) mass is 470 g/mol. The second kappa shape index (κ2) is 8.70. The molecule has 0 bridgehead atoms. The van der Waals surface area contributed by atoms with Crippen molar-refractivity contribution in [2.24, 2.45) is 5.92 Å². The van der Waals surface area contributed by atoms with E-state index in [9.17, 15) is 23.2 Å². The van der Waals surface area contributed by atoms with Crippen LogP contribution >= 0.6 is 0 Å². The van der Waals surface area contributed by atoms with Crippen LogP contribution in [0.5, 0.6) is 0 Å². The summed E-state index contributed by atoms with van der Waals surface area (Å²) in [7, 11) is 0. The van der Waals surface area contributed by atoms with E-state index < -0.39 is 36.2 Å². The van der Waals surface area contributed by atoms with E-state index in [1.165, 1.54) is 0 Å². The minimum absolute atomic E-state index is 0.0554. The average Bonchev–Trinajstić information content (AvgIpc) is 3.52. The fourth-order valence-electron chi connectivity index (χ4n) is 5.50. The number of anilines is 1. The molecular weight excluding hydrogens is 446 g/mol. The first-order valence-corrected chi connectivity index (χ1v) is 11.4. The lowest BCUT2D eigenvalue weighted by atomic mass is 9.81. The lowest BCUT2D eigenvalue weighted by molar-refractivity contribution is -0.140. The quantitative estimate of drug-likeness (QED) is 0.694. The van der Waals surface area contributed by atoms with Crippen LogP contribution in [-0.4, -0.2) is 46.7 Å². The van der Waals surface area contributed by atoms with Crippen LogP contribution in [0.15, 0.2) is 42.5 Å². The van der Waals surface area contributed by atoms with Crippen molar-refractivity contribution in [2.75, 3.05) is 11.5 Å². The van der Waals surface area contributed by atoms with Crippen molar-refractivity contribution in [3.05, 3.63) is 65.2 Å². The van der Waals surface area contributed by atoms with Gasteiger partial charge >= 0.3 is 12.1 Å². The summed E-state index contributed by atoms with van der Waals surface area (Å²) in [6.07, 6.45) is 3.17. The van der Waals surface area contributed by atoms with Gasteiger partial charge in [0.05, 0.1) is 6.04 Å². The summed E-state index contributed by atoms with van der Waals surface area (Å²) < 4.78 is 32.9. The van der Waals surface area contributed by atoms with Crippen LogP contribution in [0.4, 0.5) is 19.3 Å². The first-order valence-electron chi connectivity index (χ1n) is 11.4. The van der Waals surface area contributed by atoms with E-state index in [1.54, 1.807) is 21.9 Å². The highest BCUT2D eigenvalue weighted by Crippen LogP contribution is 2.52. The lowest BCUT2D eigenvalue weighted by Crippen LogP contribution is -2.53. The standard InChI is InChI=1S/C25H24F2N2O5/c26-15-10-14(11-16(27)12-15)24(32)29-20-6-2-1-4-18(20)23(19-5-3-7-21(19)29)28(17-8-9-17)25(33)34-13-22(30)31/h1-2,4,6,10-12,17,19,21,23H,3,5,7-9,13H2,(H,30,31)/t19-,21+,23-/m0/s1. The van der Waals surface area contributed by atoms with E-state index in [-0.39, 0.29) is 29.6 Å². The Balaban J connectivity index is 1.57. The minimum atomic E-state index is -1.23. The van der Waals surface area contributed by atoms with Crippen molar-refractivity contribution in [3.8, 4) is 0 Å². The number of benzene rings is 2. The van der Waals surface area contributed by atoms with Crippen LogP contribution < -0.4 is 4.90 Å². The number of halogens is 2. The molecule has 2 aromatic rings. The third-order valence-corrected chi connectivity index (χ3v) is 6.88. The molecule has 178 valence electrons. The van der Waals surface area contributed by atoms with Gasteiger partial charge in [0.2, 0.25) is 0 Å². The molecule has 34 heavy (non-hydrogen) atoms. The second-order valence-electron chi connectivity index (χ2n) is 9.09. The van der Waals surface area contributed by atoms with Crippen LogP contribution in [0, 0.1) is 17.6 Å². The van der Waals surface area contributed by atoms with E-state index in [4.69, 9.17) is 9.84 Å². The number of carboxylic acid groups (broad SMARTS) is 1. The molecule has 2 aromatic carbocycles. The van der Waals surface area contributed by atoms with Gasteiger partial charge in [-0.15, -0.1) is 0 Å². The largest absolute Gasteiger partial charge is 0.479 e. The number of hydrogen-bond donors (Lipinski definition) is 1. The summed E-state index contributed by atoms with van der Waals surface area (Å²) in [5, 5.41) is 8.97. The van der Waals surface area contributed by atoms with Crippen molar-refractivity contribution in [1.29, 1.82) is 0 Å². The normalized spacial score (nSPS) is 23.1. The van der Waals surface area contributed by atoms with Gasteiger partial charge < -0.3 is 14.7 Å². The van der Waals surface area contributed by atoms with Crippen molar-refractivity contribution in [2.45, 2.75) is 50.2 Å². The smallest absolute Gasteiger partial charge is 0.411 e. The molecule has 2 saturated carbocycles. The van der Waals surface area contributed by atoms with Crippen molar-refractivity contribution in [3.63, 3.8) is 0 Å². The summed E-state index contributed by atoms with van der Waals surface area (Å²) in [6, 6.07) is 9.30. The molecular formula is C25H24F2N2O5. The molecule has 1 heterocycles. The van der Waals surface area contributed by atoms with Gasteiger partial charge in [0, 0.05) is 35.3 Å². The number of carboxylic acids is 1. The molecule has 2 aliphatic carbocycles. The molecule has 0 spiro atoms. The molecule has 1 aliphatic heterocycles. The SMILES string of the molecule is O=C(O)COC(=O)N(C1CC1)[C@H]1c2ccccc2N(C(=O)c2cc(F)cc(F)c2)[C@@H]2CCC[C@@H]21. The molecule has 0 aromatic heterocycles. The molecule has 5 rings (SSSR count). The summed E-state index contributed by atoms with van der Waals surface area (Å²) in [6.45, 7) is -0.722. The zero-order valence-electron chi connectivity index (χ0n) is 18.3. The Morgan fingerprint density at radius 2 is 1.74 bits per heavy atom. The van der Waals surface area contributed by atoms with Crippen molar-refractivity contribution < 1.29 is 33.0 Å². The maximum Gasteiger partial charge on any atom is 0.411 e. The molecule has 2 fully saturated rings. The molecule has 0 saturated heterocycles. The number of amides is 2. The van der Waals surface area contributed by atoms with Gasteiger partial charge in [0.15, 0.2) is 6.61 Å². The Morgan fingerprint density at radius 3 is 2.41 bits per heavy atom. The second-order valence-corrected chi connectivity index (χ2v) is 9.09. The summed E-state index contributed by atoms with van der Waals surface area (Å²) >= 11 is 0. The van der Waals surface area contributed by atoms with E-state index in [1.807, 2.05) is 12.1 Å². The minimum Gasteiger partial charge on any atom is -0.479 e. The van der Waals surface area contributed by atoms with Gasteiger partial charge in [-0.25, -0.2) is 18.4 Å². The van der Waals surface area contributed by atoms with Crippen LogP contribution in [0.25, 0.3) is 0 Å². The summed E-state index contributed by atoms with van der Waals surface area (Å²) in [5.74, 6) is -3.49. The molecule has 3 atom stereocenters. The highest BCUT2D eigenvalue weighted by molar-refractivity contribution is 6.07. The number of nitrogens with zero attached hydrogens (tertiary/aromatic N) is 2. The maximum absolute atomic E-state index is 13.9. The number of fused-ring (bicyclic) bond motifs is 2. The first kappa shape index (κ1) is 22.3. The van der Waals surface area contributed by atoms with Crippen LogP contribution in [0.1, 0.15) is 54.1 Å². The predicted octanol–water partition coefficient (Wildman–Crippen LogP) is 4.52. The van der Waals surface area contributed by atoms with Crippen LogP contribution in [0.3, 0.4) is 0 Å². The van der Waals surface area contributed by atoms with E-state index in [2.05, 4.69) is 0 Å². The Morgan fingerprint density at radius 1 is 1.03 bits per heavy atom. The number of hydrogen-bond acceptors (Lipinski definition) is 4. The van der Waals surface area contributed by atoms with Gasteiger partial charge in [-0.2, -0.15) is 0 Å². The molecule has 3 aliphatic rings. The number of ether oxygens (including phenoxy) is 1. The molecule has 0 radical (unpaired) electrons. The zero-order valence-corrected chi connectivity index (χ0v) is 18.3. The van der Waals surface area contributed by atoms with E-state index in [0.29, 0.717) is 12.1 Å². The van der Waals surface area contributed by atoms with Gasteiger partial charge in [0.25, 0.3) is 5.91 Å².